The Kier molecular flexibility index (Phi) is 6.44. The first-order chi connectivity index (χ1) is 16.0. The summed E-state index contributed by atoms with van der Waals surface area (Å²) < 4.78 is 78.6. The van der Waals surface area contributed by atoms with E-state index in [0.29, 0.717) is 29.8 Å². The van der Waals surface area contributed by atoms with Crippen LogP contribution in [0.2, 0.25) is 0 Å². The average molecular weight is 495 g/mol. The number of halogens is 6. The third kappa shape index (κ3) is 5.27. The van der Waals surface area contributed by atoms with Crippen LogP contribution in [0.5, 0.6) is 0 Å². The lowest BCUT2D eigenvalue weighted by atomic mass is 10.0. The number of carbonyl (C=O) groups is 1. The van der Waals surface area contributed by atoms with Crippen molar-refractivity contribution in [3.63, 3.8) is 0 Å². The molecule has 0 unspecified atom stereocenters. The SMILES string of the molecule is O=Cc1ccc2c(c1)Sc1ccccc1C(=NOCc1cc(C(F)(F)F)cc(C(F)(F)F)c1)C2. The number of nitrogens with zero attached hydrogens (tertiary/aromatic N) is 1. The van der Waals surface area contributed by atoms with Gasteiger partial charge in [0.25, 0.3) is 0 Å². The van der Waals surface area contributed by atoms with E-state index in [1.54, 1.807) is 30.3 Å². The Bertz CT molecular complexity index is 1230. The van der Waals surface area contributed by atoms with Gasteiger partial charge < -0.3 is 4.84 Å². The predicted octanol–water partition coefficient (Wildman–Crippen LogP) is 7.16. The molecule has 1 aliphatic heterocycles. The highest BCUT2D eigenvalue weighted by atomic mass is 32.2. The minimum atomic E-state index is -4.94. The summed E-state index contributed by atoms with van der Waals surface area (Å²) in [7, 11) is 0. The van der Waals surface area contributed by atoms with Gasteiger partial charge in [-0.1, -0.05) is 47.2 Å². The van der Waals surface area contributed by atoms with Crippen LogP contribution in [0.1, 0.15) is 38.2 Å². The van der Waals surface area contributed by atoms with Crippen LogP contribution >= 0.6 is 11.8 Å². The van der Waals surface area contributed by atoms with Gasteiger partial charge in [0.1, 0.15) is 12.9 Å². The number of carbonyl (C=O) groups excluding carboxylic acids is 1. The maximum atomic E-state index is 13.1. The second-order valence-electron chi connectivity index (χ2n) is 7.49. The summed E-state index contributed by atoms with van der Waals surface area (Å²) >= 11 is 1.43. The van der Waals surface area contributed by atoms with Gasteiger partial charge in [0.2, 0.25) is 0 Å². The third-order valence-corrected chi connectivity index (χ3v) is 6.23. The average Bonchev–Trinajstić information content (AvgIpc) is 2.93. The molecule has 0 saturated carbocycles. The van der Waals surface area contributed by atoms with Crippen molar-refractivity contribution in [1.82, 2.24) is 0 Å². The minimum Gasteiger partial charge on any atom is -0.391 e. The summed E-state index contributed by atoms with van der Waals surface area (Å²) in [6.07, 6.45) is -8.85. The van der Waals surface area contributed by atoms with Gasteiger partial charge in [0.05, 0.1) is 16.8 Å². The molecule has 0 N–H and O–H groups in total. The van der Waals surface area contributed by atoms with Crippen molar-refractivity contribution in [3.05, 3.63) is 94.0 Å². The molecule has 1 aliphatic rings. The lowest BCUT2D eigenvalue weighted by Crippen LogP contribution is -2.12. The number of fused-ring (bicyclic) bond motifs is 2. The quantitative estimate of drug-likeness (QED) is 0.219. The second-order valence-corrected chi connectivity index (χ2v) is 8.57. The van der Waals surface area contributed by atoms with Crippen LogP contribution in [0.25, 0.3) is 0 Å². The first-order valence-corrected chi connectivity index (χ1v) is 10.7. The van der Waals surface area contributed by atoms with E-state index in [1.807, 2.05) is 12.1 Å². The van der Waals surface area contributed by atoms with Gasteiger partial charge in [-0.3, -0.25) is 4.79 Å². The molecule has 0 aromatic heterocycles. The van der Waals surface area contributed by atoms with Crippen molar-refractivity contribution in [3.8, 4) is 0 Å². The summed E-state index contributed by atoms with van der Waals surface area (Å²) in [5, 5.41) is 4.08. The number of rotatable bonds is 4. The molecule has 0 bridgehead atoms. The molecular weight excluding hydrogens is 480 g/mol. The standard InChI is InChI=1S/C24H15F6NO2S/c25-23(26,27)17-7-15(8-18(11-17)24(28,29)30)13-33-31-20-10-16-6-5-14(12-32)9-22(16)34-21-4-2-1-3-19(20)21/h1-9,11-12H,10,13H2. The van der Waals surface area contributed by atoms with E-state index in [4.69, 9.17) is 4.84 Å². The molecule has 0 aliphatic carbocycles. The van der Waals surface area contributed by atoms with E-state index >= 15 is 0 Å². The monoisotopic (exact) mass is 495 g/mol. The maximum Gasteiger partial charge on any atom is 0.416 e. The number of benzene rings is 3. The van der Waals surface area contributed by atoms with Crippen molar-refractivity contribution in [2.24, 2.45) is 5.16 Å². The summed E-state index contributed by atoms with van der Waals surface area (Å²) in [5.74, 6) is 0. The minimum absolute atomic E-state index is 0.0681. The van der Waals surface area contributed by atoms with Crippen LogP contribution in [-0.2, 0) is 30.2 Å². The van der Waals surface area contributed by atoms with E-state index in [0.717, 1.165) is 27.2 Å². The molecule has 1 heterocycles. The van der Waals surface area contributed by atoms with Gasteiger partial charge in [-0.2, -0.15) is 26.3 Å². The van der Waals surface area contributed by atoms with Gasteiger partial charge >= 0.3 is 12.4 Å². The largest absolute Gasteiger partial charge is 0.416 e. The fraction of sp³-hybridized carbons (Fsp3) is 0.167. The zero-order chi connectivity index (χ0) is 24.5. The normalized spacial score (nSPS) is 14.8. The Labute approximate surface area is 194 Å². The highest BCUT2D eigenvalue weighted by molar-refractivity contribution is 7.99. The molecule has 0 atom stereocenters. The van der Waals surface area contributed by atoms with Gasteiger partial charge in [-0.15, -0.1) is 0 Å². The van der Waals surface area contributed by atoms with Crippen molar-refractivity contribution >= 4 is 23.8 Å². The van der Waals surface area contributed by atoms with Crippen LogP contribution in [0, 0.1) is 0 Å². The lowest BCUT2D eigenvalue weighted by molar-refractivity contribution is -0.143. The molecule has 0 amide bonds. The number of oxime groups is 1. The molecule has 176 valence electrons. The fourth-order valence-corrected chi connectivity index (χ4v) is 4.59. The molecule has 34 heavy (non-hydrogen) atoms. The van der Waals surface area contributed by atoms with Gasteiger partial charge in [0, 0.05) is 27.3 Å². The Hall–Kier alpha value is -3.27. The summed E-state index contributed by atoms with van der Waals surface area (Å²) in [5.41, 5.74) is -0.591. The topological polar surface area (TPSA) is 38.7 Å². The maximum absolute atomic E-state index is 13.1. The molecule has 3 nitrogen and oxygen atoms in total. The van der Waals surface area contributed by atoms with Crippen molar-refractivity contribution in [1.29, 1.82) is 0 Å². The Morgan fingerprint density at radius 3 is 2.21 bits per heavy atom. The molecule has 4 rings (SSSR count). The molecule has 0 radical (unpaired) electrons. The van der Waals surface area contributed by atoms with Gasteiger partial charge in [0.15, 0.2) is 0 Å². The molecule has 10 heteroatoms. The van der Waals surface area contributed by atoms with Crippen LogP contribution in [0.4, 0.5) is 26.3 Å². The van der Waals surface area contributed by atoms with Crippen molar-refractivity contribution < 1.29 is 36.0 Å². The van der Waals surface area contributed by atoms with Crippen LogP contribution in [0.3, 0.4) is 0 Å². The first kappa shape index (κ1) is 23.9. The first-order valence-electron chi connectivity index (χ1n) is 9.87. The molecule has 3 aromatic carbocycles. The molecule has 0 fully saturated rings. The zero-order valence-electron chi connectivity index (χ0n) is 17.2. The Balaban J connectivity index is 1.65. The van der Waals surface area contributed by atoms with Crippen molar-refractivity contribution in [2.45, 2.75) is 35.2 Å². The number of hydrogen-bond acceptors (Lipinski definition) is 4. The molecule has 0 saturated heterocycles. The smallest absolute Gasteiger partial charge is 0.391 e. The van der Waals surface area contributed by atoms with Gasteiger partial charge in [-0.25, -0.2) is 0 Å². The van der Waals surface area contributed by atoms with E-state index < -0.39 is 30.1 Å². The van der Waals surface area contributed by atoms with E-state index in [2.05, 4.69) is 5.16 Å². The Morgan fingerprint density at radius 2 is 1.56 bits per heavy atom. The summed E-state index contributed by atoms with van der Waals surface area (Å²) in [4.78, 5) is 18.1. The van der Waals surface area contributed by atoms with E-state index in [-0.39, 0.29) is 11.6 Å². The fourth-order valence-electron chi connectivity index (χ4n) is 3.44. The second kappa shape index (κ2) is 9.17. The summed E-state index contributed by atoms with van der Waals surface area (Å²) in [6.45, 7) is -0.581. The van der Waals surface area contributed by atoms with Crippen LogP contribution in [0.15, 0.2) is 75.6 Å². The molecule has 3 aromatic rings. The van der Waals surface area contributed by atoms with Crippen molar-refractivity contribution in [2.75, 3.05) is 0 Å². The predicted molar refractivity (Wildman–Crippen MR) is 114 cm³/mol. The van der Waals surface area contributed by atoms with Crippen LogP contribution in [-0.4, -0.2) is 12.0 Å². The van der Waals surface area contributed by atoms with Crippen LogP contribution < -0.4 is 0 Å². The Morgan fingerprint density at radius 1 is 0.882 bits per heavy atom. The zero-order valence-corrected chi connectivity index (χ0v) is 18.0. The molecular formula is C24H15F6NO2S. The highest BCUT2D eigenvalue weighted by Gasteiger charge is 2.37. The number of aldehydes is 1. The third-order valence-electron chi connectivity index (χ3n) is 5.06. The highest BCUT2D eigenvalue weighted by Crippen LogP contribution is 2.38. The number of hydrogen-bond donors (Lipinski definition) is 0. The summed E-state index contributed by atoms with van der Waals surface area (Å²) in [6, 6.07) is 13.7. The van der Waals surface area contributed by atoms with E-state index in [1.165, 1.54) is 11.8 Å². The van der Waals surface area contributed by atoms with E-state index in [9.17, 15) is 31.1 Å². The lowest BCUT2D eigenvalue weighted by Gasteiger charge is -2.14. The molecule has 0 spiro atoms. The van der Waals surface area contributed by atoms with Gasteiger partial charge in [-0.05, 0) is 41.5 Å². The number of alkyl halides is 6.